The van der Waals surface area contributed by atoms with E-state index in [-0.39, 0.29) is 23.8 Å². The smallest absolute Gasteiger partial charge is 0.294 e. The van der Waals surface area contributed by atoms with Gasteiger partial charge in [-0.25, -0.2) is 4.39 Å². The fourth-order valence-corrected chi connectivity index (χ4v) is 2.35. The summed E-state index contributed by atoms with van der Waals surface area (Å²) in [7, 11) is 0. The number of nitrogens with one attached hydrogen (secondary N) is 1. The standard InChI is InChI=1S/C17H11FN2O4/c18-12-4-2-1-3-11(12)13-8-16(24-20-13)17(21)19-10-5-6-14-15(7-10)23-9-22-14/h1-8H,9H2,(H,19,21). The van der Waals surface area contributed by atoms with E-state index in [1.165, 1.54) is 12.1 Å². The average molecular weight is 326 g/mol. The lowest BCUT2D eigenvalue weighted by molar-refractivity contribution is 0.0988. The molecule has 0 fully saturated rings. The highest BCUT2D eigenvalue weighted by atomic mass is 19.1. The van der Waals surface area contributed by atoms with Gasteiger partial charge in [-0.1, -0.05) is 17.3 Å². The molecule has 2 aromatic carbocycles. The van der Waals surface area contributed by atoms with Crippen LogP contribution in [0.25, 0.3) is 11.3 Å². The Hall–Kier alpha value is -3.35. The zero-order chi connectivity index (χ0) is 16.5. The minimum Gasteiger partial charge on any atom is -0.454 e. The quantitative estimate of drug-likeness (QED) is 0.798. The zero-order valence-electron chi connectivity index (χ0n) is 12.3. The number of benzene rings is 2. The van der Waals surface area contributed by atoms with E-state index in [9.17, 15) is 9.18 Å². The van der Waals surface area contributed by atoms with E-state index in [1.807, 2.05) is 0 Å². The number of carbonyl (C=O) groups is 1. The van der Waals surface area contributed by atoms with Crippen LogP contribution in [0.5, 0.6) is 11.5 Å². The molecular formula is C17H11FN2O4. The van der Waals surface area contributed by atoms with Crippen molar-refractivity contribution in [2.24, 2.45) is 0 Å². The summed E-state index contributed by atoms with van der Waals surface area (Å²) in [5.74, 6) is 0.218. The Morgan fingerprint density at radius 3 is 2.79 bits per heavy atom. The molecule has 3 aromatic rings. The minimum absolute atomic E-state index is 0.0223. The van der Waals surface area contributed by atoms with Crippen LogP contribution in [0.1, 0.15) is 10.6 Å². The fraction of sp³-hybridized carbons (Fsp3) is 0.0588. The number of hydrogen-bond donors (Lipinski definition) is 1. The second kappa shape index (κ2) is 5.69. The average Bonchev–Trinajstić information content (AvgIpc) is 3.24. The summed E-state index contributed by atoms with van der Waals surface area (Å²) in [4.78, 5) is 12.2. The molecule has 0 saturated heterocycles. The van der Waals surface area contributed by atoms with Crippen LogP contribution in [0.2, 0.25) is 0 Å². The first-order valence-electron chi connectivity index (χ1n) is 7.13. The molecular weight excluding hydrogens is 315 g/mol. The van der Waals surface area contributed by atoms with E-state index in [0.29, 0.717) is 17.2 Å². The van der Waals surface area contributed by atoms with Gasteiger partial charge in [0.05, 0.1) is 0 Å². The topological polar surface area (TPSA) is 73.6 Å². The molecule has 1 amide bonds. The van der Waals surface area contributed by atoms with Crippen LogP contribution in [0.4, 0.5) is 10.1 Å². The molecule has 7 heteroatoms. The molecule has 2 heterocycles. The molecule has 0 atom stereocenters. The van der Waals surface area contributed by atoms with Gasteiger partial charge in [0.1, 0.15) is 11.5 Å². The van der Waals surface area contributed by atoms with Crippen molar-refractivity contribution in [2.75, 3.05) is 12.1 Å². The van der Waals surface area contributed by atoms with Crippen LogP contribution >= 0.6 is 0 Å². The van der Waals surface area contributed by atoms with Gasteiger partial charge in [-0.2, -0.15) is 0 Å². The Kier molecular flexibility index (Phi) is 3.38. The summed E-state index contributed by atoms with van der Waals surface area (Å²) in [6, 6.07) is 12.5. The summed E-state index contributed by atoms with van der Waals surface area (Å²) in [6.45, 7) is 0.154. The van der Waals surface area contributed by atoms with Crippen molar-refractivity contribution in [3.8, 4) is 22.8 Å². The van der Waals surface area contributed by atoms with Gasteiger partial charge in [-0.05, 0) is 24.3 Å². The van der Waals surface area contributed by atoms with Crippen LogP contribution in [-0.2, 0) is 0 Å². The van der Waals surface area contributed by atoms with Gasteiger partial charge in [0.2, 0.25) is 12.6 Å². The van der Waals surface area contributed by atoms with Crippen LogP contribution in [0.15, 0.2) is 53.1 Å². The molecule has 1 N–H and O–H groups in total. The van der Waals surface area contributed by atoms with Crippen molar-refractivity contribution in [3.63, 3.8) is 0 Å². The summed E-state index contributed by atoms with van der Waals surface area (Å²) in [6.07, 6.45) is 0. The zero-order valence-corrected chi connectivity index (χ0v) is 12.3. The van der Waals surface area contributed by atoms with Gasteiger partial charge < -0.3 is 19.3 Å². The van der Waals surface area contributed by atoms with Gasteiger partial charge in [0, 0.05) is 23.4 Å². The van der Waals surface area contributed by atoms with Crippen molar-refractivity contribution >= 4 is 11.6 Å². The molecule has 0 spiro atoms. The Balaban J connectivity index is 1.54. The maximum Gasteiger partial charge on any atom is 0.294 e. The van der Waals surface area contributed by atoms with Gasteiger partial charge in [-0.3, -0.25) is 4.79 Å². The van der Waals surface area contributed by atoms with E-state index in [2.05, 4.69) is 10.5 Å². The lowest BCUT2D eigenvalue weighted by Gasteiger charge is -2.03. The normalized spacial score (nSPS) is 12.2. The molecule has 1 aromatic heterocycles. The van der Waals surface area contributed by atoms with E-state index >= 15 is 0 Å². The molecule has 0 radical (unpaired) electrons. The highest BCUT2D eigenvalue weighted by molar-refractivity contribution is 6.02. The second-order valence-corrected chi connectivity index (χ2v) is 5.08. The molecule has 1 aliphatic heterocycles. The van der Waals surface area contributed by atoms with E-state index in [1.54, 1.807) is 36.4 Å². The summed E-state index contributed by atoms with van der Waals surface area (Å²) >= 11 is 0. The molecule has 0 saturated carbocycles. The number of anilines is 1. The Labute approximate surface area is 135 Å². The maximum absolute atomic E-state index is 13.8. The van der Waals surface area contributed by atoms with Gasteiger partial charge in [0.15, 0.2) is 11.5 Å². The molecule has 0 bridgehead atoms. The van der Waals surface area contributed by atoms with Gasteiger partial charge in [0.25, 0.3) is 5.91 Å². The molecule has 0 aliphatic carbocycles. The third kappa shape index (κ3) is 2.56. The predicted octanol–water partition coefficient (Wildman–Crippen LogP) is 3.46. The first-order valence-corrected chi connectivity index (χ1v) is 7.13. The first kappa shape index (κ1) is 14.3. The first-order chi connectivity index (χ1) is 11.7. The number of amides is 1. The number of aromatic nitrogens is 1. The van der Waals surface area contributed by atoms with Crippen LogP contribution in [-0.4, -0.2) is 17.9 Å². The number of ether oxygens (including phenoxy) is 2. The minimum atomic E-state index is -0.496. The monoisotopic (exact) mass is 326 g/mol. The van der Waals surface area contributed by atoms with Crippen molar-refractivity contribution in [1.29, 1.82) is 0 Å². The third-order valence-corrected chi connectivity index (χ3v) is 3.51. The number of fused-ring (bicyclic) bond motifs is 1. The van der Waals surface area contributed by atoms with Gasteiger partial charge >= 0.3 is 0 Å². The van der Waals surface area contributed by atoms with Crippen molar-refractivity contribution in [3.05, 3.63) is 60.1 Å². The summed E-state index contributed by atoms with van der Waals surface area (Å²) in [5.41, 5.74) is 1.04. The lowest BCUT2D eigenvalue weighted by Crippen LogP contribution is -2.10. The molecule has 0 unspecified atom stereocenters. The van der Waals surface area contributed by atoms with Gasteiger partial charge in [-0.15, -0.1) is 0 Å². The van der Waals surface area contributed by atoms with Crippen molar-refractivity contribution < 1.29 is 23.2 Å². The number of hydrogen-bond acceptors (Lipinski definition) is 5. The Bertz CT molecular complexity index is 922. The highest BCUT2D eigenvalue weighted by Crippen LogP contribution is 2.34. The van der Waals surface area contributed by atoms with E-state index in [0.717, 1.165) is 0 Å². The number of rotatable bonds is 3. The summed E-state index contributed by atoms with van der Waals surface area (Å²) < 4.78 is 29.2. The number of halogens is 1. The number of nitrogens with zero attached hydrogens (tertiary/aromatic N) is 1. The molecule has 120 valence electrons. The van der Waals surface area contributed by atoms with Crippen LogP contribution < -0.4 is 14.8 Å². The van der Waals surface area contributed by atoms with Crippen LogP contribution in [0, 0.1) is 5.82 Å². The van der Waals surface area contributed by atoms with Crippen molar-refractivity contribution in [1.82, 2.24) is 5.16 Å². The third-order valence-electron chi connectivity index (χ3n) is 3.51. The molecule has 6 nitrogen and oxygen atoms in total. The second-order valence-electron chi connectivity index (χ2n) is 5.08. The van der Waals surface area contributed by atoms with Crippen molar-refractivity contribution in [2.45, 2.75) is 0 Å². The summed E-state index contributed by atoms with van der Waals surface area (Å²) in [5, 5.41) is 6.41. The maximum atomic E-state index is 13.8. The lowest BCUT2D eigenvalue weighted by atomic mass is 10.1. The largest absolute Gasteiger partial charge is 0.454 e. The highest BCUT2D eigenvalue weighted by Gasteiger charge is 2.18. The van der Waals surface area contributed by atoms with Crippen LogP contribution in [0.3, 0.4) is 0 Å². The Morgan fingerprint density at radius 2 is 1.92 bits per heavy atom. The molecule has 24 heavy (non-hydrogen) atoms. The van der Waals surface area contributed by atoms with E-state index < -0.39 is 11.7 Å². The number of carbonyl (C=O) groups excluding carboxylic acids is 1. The SMILES string of the molecule is O=C(Nc1ccc2c(c1)OCO2)c1cc(-c2ccccc2F)no1. The fourth-order valence-electron chi connectivity index (χ4n) is 2.35. The molecule has 4 rings (SSSR count). The van der Waals surface area contributed by atoms with E-state index in [4.69, 9.17) is 14.0 Å². The Morgan fingerprint density at radius 1 is 1.08 bits per heavy atom. The predicted molar refractivity (Wildman–Crippen MR) is 82.4 cm³/mol. The molecule has 1 aliphatic rings.